The van der Waals surface area contributed by atoms with Gasteiger partial charge in [-0.1, -0.05) is 48.5 Å². The normalized spacial score (nSPS) is 10.7. The van der Waals surface area contributed by atoms with Crippen LogP contribution in [-0.2, 0) is 13.1 Å². The summed E-state index contributed by atoms with van der Waals surface area (Å²) in [6, 6.07) is 19.4. The van der Waals surface area contributed by atoms with E-state index in [1.807, 2.05) is 6.07 Å². The molecular weight excluding hydrogens is 232 g/mol. The van der Waals surface area contributed by atoms with Crippen LogP contribution in [0.4, 0.5) is 5.69 Å². The predicted octanol–water partition coefficient (Wildman–Crippen LogP) is 3.56. The summed E-state index contributed by atoms with van der Waals surface area (Å²) >= 11 is 0. The third-order valence-electron chi connectivity index (χ3n) is 3.34. The van der Waals surface area contributed by atoms with Crippen molar-refractivity contribution in [3.8, 4) is 0 Å². The fourth-order valence-electron chi connectivity index (χ4n) is 2.29. The van der Waals surface area contributed by atoms with Crippen molar-refractivity contribution in [2.75, 3.05) is 4.90 Å². The van der Waals surface area contributed by atoms with Gasteiger partial charge in [0.15, 0.2) is 0 Å². The first-order valence-electron chi connectivity index (χ1n) is 6.81. The lowest BCUT2D eigenvalue weighted by molar-refractivity contribution is 0.678. The predicted molar refractivity (Wildman–Crippen MR) is 82.1 cm³/mol. The van der Waals surface area contributed by atoms with Crippen LogP contribution in [0.5, 0.6) is 0 Å². The van der Waals surface area contributed by atoms with Crippen molar-refractivity contribution in [2.45, 2.75) is 33.0 Å². The number of nitrogens with two attached hydrogens (primary N) is 1. The molecule has 2 rings (SSSR count). The third kappa shape index (κ3) is 3.36. The minimum atomic E-state index is 0.438. The first-order chi connectivity index (χ1) is 9.22. The maximum atomic E-state index is 5.86. The smallest absolute Gasteiger partial charge is 0.0432 e. The molecule has 0 aliphatic carbocycles. The van der Waals surface area contributed by atoms with Gasteiger partial charge in [0.1, 0.15) is 0 Å². The molecule has 2 aromatic rings. The Bertz CT molecular complexity index is 506. The molecule has 0 heterocycles. The van der Waals surface area contributed by atoms with Gasteiger partial charge in [0.25, 0.3) is 0 Å². The number of anilines is 1. The molecule has 0 unspecified atom stereocenters. The van der Waals surface area contributed by atoms with E-state index in [0.29, 0.717) is 12.6 Å². The average Bonchev–Trinajstić information content (AvgIpc) is 2.45. The van der Waals surface area contributed by atoms with Crippen LogP contribution in [0.1, 0.15) is 25.0 Å². The molecule has 0 fully saturated rings. The molecule has 0 atom stereocenters. The second-order valence-electron chi connectivity index (χ2n) is 5.04. The molecular formula is C17H22N2. The van der Waals surface area contributed by atoms with Gasteiger partial charge in [-0.3, -0.25) is 0 Å². The zero-order valence-electron chi connectivity index (χ0n) is 11.7. The molecule has 2 N–H and O–H groups in total. The van der Waals surface area contributed by atoms with E-state index in [2.05, 4.69) is 67.3 Å². The maximum absolute atomic E-state index is 5.86. The summed E-state index contributed by atoms with van der Waals surface area (Å²) in [5.41, 5.74) is 9.62. The number of nitrogens with zero attached hydrogens (tertiary/aromatic N) is 1. The molecule has 0 radical (unpaired) electrons. The summed E-state index contributed by atoms with van der Waals surface area (Å²) in [6.45, 7) is 5.93. The van der Waals surface area contributed by atoms with Gasteiger partial charge in [0.2, 0.25) is 0 Å². The Morgan fingerprint density at radius 3 is 2.21 bits per heavy atom. The van der Waals surface area contributed by atoms with Gasteiger partial charge in [-0.05, 0) is 31.0 Å². The minimum absolute atomic E-state index is 0.438. The van der Waals surface area contributed by atoms with Gasteiger partial charge in [-0.2, -0.15) is 0 Å². The van der Waals surface area contributed by atoms with Crippen molar-refractivity contribution < 1.29 is 0 Å². The molecule has 0 spiro atoms. The van der Waals surface area contributed by atoms with Crippen LogP contribution in [0.3, 0.4) is 0 Å². The van der Waals surface area contributed by atoms with Crippen molar-refractivity contribution in [3.63, 3.8) is 0 Å². The summed E-state index contributed by atoms with van der Waals surface area (Å²) in [4.78, 5) is 2.40. The van der Waals surface area contributed by atoms with Crippen LogP contribution in [0.2, 0.25) is 0 Å². The average molecular weight is 254 g/mol. The Balaban J connectivity index is 2.30. The standard InChI is InChI=1S/C17H22N2/c1-14(2)19(13-15-8-4-3-5-9-15)17-11-7-6-10-16(17)12-18/h3-11,14H,12-13,18H2,1-2H3. The van der Waals surface area contributed by atoms with E-state index in [1.54, 1.807) is 0 Å². The number of hydrogen-bond donors (Lipinski definition) is 1. The van der Waals surface area contributed by atoms with Crippen LogP contribution in [-0.4, -0.2) is 6.04 Å². The highest BCUT2D eigenvalue weighted by molar-refractivity contribution is 5.54. The lowest BCUT2D eigenvalue weighted by Gasteiger charge is -2.31. The van der Waals surface area contributed by atoms with Crippen molar-refractivity contribution in [2.24, 2.45) is 5.73 Å². The van der Waals surface area contributed by atoms with Crippen LogP contribution in [0, 0.1) is 0 Å². The monoisotopic (exact) mass is 254 g/mol. The highest BCUT2D eigenvalue weighted by Crippen LogP contribution is 2.24. The molecule has 0 amide bonds. The molecule has 2 aromatic carbocycles. The van der Waals surface area contributed by atoms with E-state index in [0.717, 1.165) is 6.54 Å². The Hall–Kier alpha value is -1.80. The van der Waals surface area contributed by atoms with Crippen molar-refractivity contribution in [1.82, 2.24) is 0 Å². The van der Waals surface area contributed by atoms with E-state index >= 15 is 0 Å². The van der Waals surface area contributed by atoms with E-state index in [1.165, 1.54) is 16.8 Å². The zero-order valence-corrected chi connectivity index (χ0v) is 11.7. The molecule has 0 aliphatic heterocycles. The van der Waals surface area contributed by atoms with Crippen LogP contribution in [0.25, 0.3) is 0 Å². The Labute approximate surface area is 115 Å². The van der Waals surface area contributed by atoms with Gasteiger partial charge in [0, 0.05) is 24.8 Å². The van der Waals surface area contributed by atoms with Gasteiger partial charge >= 0.3 is 0 Å². The van der Waals surface area contributed by atoms with Crippen molar-refractivity contribution >= 4 is 5.69 Å². The highest BCUT2D eigenvalue weighted by atomic mass is 15.2. The van der Waals surface area contributed by atoms with Crippen LogP contribution >= 0.6 is 0 Å². The van der Waals surface area contributed by atoms with Crippen molar-refractivity contribution in [1.29, 1.82) is 0 Å². The highest BCUT2D eigenvalue weighted by Gasteiger charge is 2.13. The summed E-state index contributed by atoms with van der Waals surface area (Å²) in [5.74, 6) is 0. The SMILES string of the molecule is CC(C)N(Cc1ccccc1)c1ccccc1CN. The molecule has 19 heavy (non-hydrogen) atoms. The first-order valence-corrected chi connectivity index (χ1v) is 6.81. The topological polar surface area (TPSA) is 29.3 Å². The third-order valence-corrected chi connectivity index (χ3v) is 3.34. The fraction of sp³-hybridized carbons (Fsp3) is 0.294. The minimum Gasteiger partial charge on any atom is -0.365 e. The number of rotatable bonds is 5. The maximum Gasteiger partial charge on any atom is 0.0432 e. The van der Waals surface area contributed by atoms with E-state index in [-0.39, 0.29) is 0 Å². The number of benzene rings is 2. The summed E-state index contributed by atoms with van der Waals surface area (Å²) in [6.07, 6.45) is 0. The van der Waals surface area contributed by atoms with E-state index < -0.39 is 0 Å². The number of hydrogen-bond acceptors (Lipinski definition) is 2. The molecule has 100 valence electrons. The largest absolute Gasteiger partial charge is 0.365 e. The summed E-state index contributed by atoms with van der Waals surface area (Å²) in [5, 5.41) is 0. The van der Waals surface area contributed by atoms with Gasteiger partial charge < -0.3 is 10.6 Å². The molecule has 0 aromatic heterocycles. The Kier molecular flexibility index (Phi) is 4.58. The first kappa shape index (κ1) is 13.6. The lowest BCUT2D eigenvalue weighted by Crippen LogP contribution is -2.31. The van der Waals surface area contributed by atoms with Crippen LogP contribution < -0.4 is 10.6 Å². The van der Waals surface area contributed by atoms with E-state index in [4.69, 9.17) is 5.73 Å². The second-order valence-corrected chi connectivity index (χ2v) is 5.04. The molecule has 0 aliphatic rings. The Morgan fingerprint density at radius 2 is 1.58 bits per heavy atom. The number of para-hydroxylation sites is 1. The zero-order chi connectivity index (χ0) is 13.7. The second kappa shape index (κ2) is 6.39. The molecule has 0 saturated carbocycles. The molecule has 0 bridgehead atoms. The fourth-order valence-corrected chi connectivity index (χ4v) is 2.29. The summed E-state index contributed by atoms with van der Waals surface area (Å²) in [7, 11) is 0. The molecule has 2 nitrogen and oxygen atoms in total. The van der Waals surface area contributed by atoms with Gasteiger partial charge in [-0.15, -0.1) is 0 Å². The van der Waals surface area contributed by atoms with Gasteiger partial charge in [-0.25, -0.2) is 0 Å². The lowest BCUT2D eigenvalue weighted by atomic mass is 10.1. The molecule has 0 saturated heterocycles. The van der Waals surface area contributed by atoms with Crippen molar-refractivity contribution in [3.05, 3.63) is 65.7 Å². The van der Waals surface area contributed by atoms with Gasteiger partial charge in [0.05, 0.1) is 0 Å². The quantitative estimate of drug-likeness (QED) is 0.884. The van der Waals surface area contributed by atoms with Crippen LogP contribution in [0.15, 0.2) is 54.6 Å². The Morgan fingerprint density at radius 1 is 0.947 bits per heavy atom. The van der Waals surface area contributed by atoms with E-state index in [9.17, 15) is 0 Å². The molecule has 2 heteroatoms. The summed E-state index contributed by atoms with van der Waals surface area (Å²) < 4.78 is 0.